The van der Waals surface area contributed by atoms with Crippen molar-refractivity contribution < 1.29 is 14.6 Å². The SMILES string of the molecule is CC.CC.COc1ccc2nc3c(c(CN)c2c1)Cn1c-3cc2c(c1=O)CCC(=O)C2O. The van der Waals surface area contributed by atoms with E-state index < -0.39 is 6.10 Å². The number of hydrogen-bond donors (Lipinski definition) is 2. The predicted molar refractivity (Wildman–Crippen MR) is 126 cm³/mol. The maximum atomic E-state index is 13.1. The van der Waals surface area contributed by atoms with E-state index in [1.807, 2.05) is 45.9 Å². The Hall–Kier alpha value is -3.03. The van der Waals surface area contributed by atoms with Gasteiger partial charge in [-0.3, -0.25) is 9.59 Å². The molecule has 3 aromatic rings. The highest BCUT2D eigenvalue weighted by atomic mass is 16.5. The van der Waals surface area contributed by atoms with Crippen molar-refractivity contribution in [2.24, 2.45) is 5.73 Å². The van der Waals surface area contributed by atoms with Gasteiger partial charge in [-0.05, 0) is 41.8 Å². The van der Waals surface area contributed by atoms with Crippen LogP contribution in [-0.4, -0.2) is 27.6 Å². The number of aromatic nitrogens is 2. The highest BCUT2D eigenvalue weighted by Gasteiger charge is 2.33. The van der Waals surface area contributed by atoms with Crippen LogP contribution in [0, 0.1) is 0 Å². The van der Waals surface area contributed by atoms with Gasteiger partial charge < -0.3 is 20.1 Å². The molecule has 5 rings (SSSR count). The molecule has 3 heterocycles. The van der Waals surface area contributed by atoms with E-state index in [4.69, 9.17) is 15.5 Å². The first kappa shape index (κ1) is 23.6. The summed E-state index contributed by atoms with van der Waals surface area (Å²) < 4.78 is 7.00. The number of nitrogens with two attached hydrogens (primary N) is 1. The van der Waals surface area contributed by atoms with Gasteiger partial charge in [-0.15, -0.1) is 0 Å². The van der Waals surface area contributed by atoms with E-state index in [-0.39, 0.29) is 17.8 Å². The van der Waals surface area contributed by atoms with E-state index in [2.05, 4.69) is 0 Å². The number of aliphatic hydroxyl groups is 1. The summed E-state index contributed by atoms with van der Waals surface area (Å²) in [5, 5.41) is 11.2. The molecule has 7 nitrogen and oxygen atoms in total. The molecule has 1 aromatic carbocycles. The van der Waals surface area contributed by atoms with Gasteiger partial charge in [0.25, 0.3) is 5.56 Å². The number of aliphatic hydroxyl groups excluding tert-OH is 1. The molecule has 1 atom stereocenters. The molecule has 7 heteroatoms. The third-order valence-corrected chi connectivity index (χ3v) is 5.83. The largest absolute Gasteiger partial charge is 0.497 e. The van der Waals surface area contributed by atoms with Crippen molar-refractivity contribution in [3.05, 3.63) is 56.9 Å². The minimum absolute atomic E-state index is 0.165. The van der Waals surface area contributed by atoms with E-state index >= 15 is 0 Å². The highest BCUT2D eigenvalue weighted by Crippen LogP contribution is 2.38. The minimum atomic E-state index is -1.25. The normalized spacial score (nSPS) is 15.6. The zero-order valence-corrected chi connectivity index (χ0v) is 19.4. The quantitative estimate of drug-likeness (QED) is 0.497. The third-order valence-electron chi connectivity index (χ3n) is 5.83. The van der Waals surface area contributed by atoms with E-state index in [1.54, 1.807) is 17.7 Å². The molecule has 32 heavy (non-hydrogen) atoms. The summed E-state index contributed by atoms with van der Waals surface area (Å²) in [6.45, 7) is 8.69. The van der Waals surface area contributed by atoms with Gasteiger partial charge in [0, 0.05) is 29.5 Å². The van der Waals surface area contributed by atoms with Gasteiger partial charge in [-0.2, -0.15) is 0 Å². The number of benzene rings is 1. The van der Waals surface area contributed by atoms with Gasteiger partial charge in [-0.1, -0.05) is 27.7 Å². The van der Waals surface area contributed by atoms with Crippen molar-refractivity contribution >= 4 is 16.7 Å². The van der Waals surface area contributed by atoms with Crippen LogP contribution >= 0.6 is 0 Å². The molecule has 0 saturated carbocycles. The van der Waals surface area contributed by atoms with Crippen molar-refractivity contribution in [1.29, 1.82) is 0 Å². The van der Waals surface area contributed by atoms with Gasteiger partial charge in [-0.25, -0.2) is 4.98 Å². The number of ether oxygens (including phenoxy) is 1. The monoisotopic (exact) mass is 437 g/mol. The number of carbonyl (C=O) groups is 1. The molecule has 1 unspecified atom stereocenters. The number of ketones is 1. The summed E-state index contributed by atoms with van der Waals surface area (Å²) in [4.78, 5) is 29.8. The van der Waals surface area contributed by atoms with E-state index in [1.165, 1.54) is 0 Å². The Labute approximate surface area is 187 Å². The summed E-state index contributed by atoms with van der Waals surface area (Å²) in [5.74, 6) is 0.463. The van der Waals surface area contributed by atoms with E-state index in [9.17, 15) is 14.7 Å². The lowest BCUT2D eigenvalue weighted by molar-refractivity contribution is -0.128. The molecule has 0 amide bonds. The van der Waals surface area contributed by atoms with Crippen LogP contribution in [0.1, 0.15) is 62.5 Å². The van der Waals surface area contributed by atoms with Gasteiger partial charge in [0.1, 0.15) is 11.9 Å². The molecule has 0 fully saturated rings. The number of methoxy groups -OCH3 is 1. The smallest absolute Gasteiger partial charge is 0.254 e. The van der Waals surface area contributed by atoms with Crippen molar-refractivity contribution in [3.8, 4) is 17.1 Å². The van der Waals surface area contributed by atoms with Gasteiger partial charge in [0.15, 0.2) is 5.78 Å². The lowest BCUT2D eigenvalue weighted by Crippen LogP contribution is -2.31. The van der Waals surface area contributed by atoms with E-state index in [0.717, 1.165) is 22.0 Å². The molecular formula is C25H31N3O4. The van der Waals surface area contributed by atoms with Gasteiger partial charge in [0.2, 0.25) is 0 Å². The molecule has 2 aromatic heterocycles. The lowest BCUT2D eigenvalue weighted by atomic mass is 9.89. The zero-order valence-electron chi connectivity index (χ0n) is 19.4. The molecule has 170 valence electrons. The number of pyridine rings is 2. The number of nitrogens with zero attached hydrogens (tertiary/aromatic N) is 2. The second kappa shape index (κ2) is 9.63. The fraction of sp³-hybridized carbons (Fsp3) is 0.400. The predicted octanol–water partition coefficient (Wildman–Crippen LogP) is 3.49. The second-order valence-electron chi connectivity index (χ2n) is 7.23. The van der Waals surface area contributed by atoms with Crippen LogP contribution in [-0.2, 0) is 24.3 Å². The summed E-state index contributed by atoms with van der Waals surface area (Å²) in [6.07, 6.45) is -0.701. The summed E-state index contributed by atoms with van der Waals surface area (Å²) >= 11 is 0. The molecule has 0 bridgehead atoms. The molecular weight excluding hydrogens is 406 g/mol. The van der Waals surface area contributed by atoms with E-state index in [0.29, 0.717) is 47.8 Å². The van der Waals surface area contributed by atoms with Crippen LogP contribution in [0.4, 0.5) is 0 Å². The van der Waals surface area contributed by atoms with Gasteiger partial charge in [0.05, 0.1) is 30.6 Å². The van der Waals surface area contributed by atoms with Crippen LogP contribution in [0.2, 0.25) is 0 Å². The Balaban J connectivity index is 0.000000686. The first-order chi connectivity index (χ1) is 15.5. The van der Waals surface area contributed by atoms with Gasteiger partial charge >= 0.3 is 0 Å². The topological polar surface area (TPSA) is 107 Å². The Bertz CT molecular complexity index is 1230. The first-order valence-corrected chi connectivity index (χ1v) is 11.2. The minimum Gasteiger partial charge on any atom is -0.497 e. The molecule has 0 radical (unpaired) electrons. The summed E-state index contributed by atoms with van der Waals surface area (Å²) in [7, 11) is 1.61. The molecule has 1 aliphatic carbocycles. The number of carbonyl (C=O) groups excluding carboxylic acids is 1. The summed E-state index contributed by atoms with van der Waals surface area (Å²) in [5.41, 5.74) is 10.7. The molecule has 1 aliphatic heterocycles. The number of Topliss-reactive ketones (excluding diaryl/α,β-unsaturated/α-hetero) is 1. The van der Waals surface area contributed by atoms with Crippen molar-refractivity contribution in [2.45, 2.75) is 59.7 Å². The first-order valence-electron chi connectivity index (χ1n) is 11.2. The average Bonchev–Trinajstić information content (AvgIpc) is 3.21. The molecule has 0 spiro atoms. The lowest BCUT2D eigenvalue weighted by Gasteiger charge is -2.21. The van der Waals surface area contributed by atoms with Crippen molar-refractivity contribution in [2.75, 3.05) is 7.11 Å². The average molecular weight is 438 g/mol. The van der Waals surface area contributed by atoms with Crippen LogP contribution in [0.3, 0.4) is 0 Å². The standard InChI is InChI=1S/C21H19N3O4.2C2H6/c1-28-10-2-4-16-12(6-10)14(8-22)15-9-24-17(19(15)23-16)7-13-11(21(24)27)3-5-18(25)20(13)26;2*1-2/h2,4,6-7,20,26H,3,5,8-9,22H2,1H3;2*1-2H3. The Kier molecular flexibility index (Phi) is 7.11. The fourth-order valence-electron chi connectivity index (χ4n) is 4.36. The Morgan fingerprint density at radius 2 is 1.84 bits per heavy atom. The maximum absolute atomic E-state index is 13.1. The number of rotatable bonds is 2. The van der Waals surface area contributed by atoms with Crippen LogP contribution < -0.4 is 16.0 Å². The number of fused-ring (bicyclic) bond motifs is 5. The number of hydrogen-bond acceptors (Lipinski definition) is 6. The molecule has 2 aliphatic rings. The maximum Gasteiger partial charge on any atom is 0.254 e. The molecule has 3 N–H and O–H groups in total. The zero-order chi connectivity index (χ0) is 23.6. The second-order valence-corrected chi connectivity index (χ2v) is 7.23. The van der Waals surface area contributed by atoms with Crippen molar-refractivity contribution in [1.82, 2.24) is 9.55 Å². The third kappa shape index (κ3) is 3.61. The van der Waals surface area contributed by atoms with Crippen LogP contribution in [0.5, 0.6) is 5.75 Å². The summed E-state index contributed by atoms with van der Waals surface area (Å²) in [6, 6.07) is 7.35. The Morgan fingerprint density at radius 1 is 1.12 bits per heavy atom. The van der Waals surface area contributed by atoms with Crippen LogP contribution in [0.15, 0.2) is 29.1 Å². The van der Waals surface area contributed by atoms with Crippen LogP contribution in [0.25, 0.3) is 22.3 Å². The highest BCUT2D eigenvalue weighted by molar-refractivity contribution is 5.90. The van der Waals surface area contributed by atoms with Crippen molar-refractivity contribution in [3.63, 3.8) is 0 Å². The Morgan fingerprint density at radius 3 is 2.50 bits per heavy atom. The fourth-order valence-corrected chi connectivity index (χ4v) is 4.36. The molecule has 0 saturated heterocycles.